The van der Waals surface area contributed by atoms with Gasteiger partial charge in [0.05, 0.1) is 12.3 Å². The lowest BCUT2D eigenvalue weighted by Crippen LogP contribution is -2.48. The number of aromatic nitrogens is 1. The Morgan fingerprint density at radius 3 is 2.84 bits per heavy atom. The number of carbonyl (C=O) groups excluding carboxylic acids is 1. The number of amides is 1. The maximum atomic E-state index is 12.8. The number of pyridine rings is 1. The second-order valence-corrected chi connectivity index (χ2v) is 6.76. The Bertz CT molecular complexity index is 782. The minimum absolute atomic E-state index is 0.128. The van der Waals surface area contributed by atoms with Gasteiger partial charge in [-0.2, -0.15) is 0 Å². The van der Waals surface area contributed by atoms with Gasteiger partial charge in [-0.05, 0) is 42.3 Å². The zero-order valence-electron chi connectivity index (χ0n) is 14.6. The van der Waals surface area contributed by atoms with E-state index >= 15 is 0 Å². The summed E-state index contributed by atoms with van der Waals surface area (Å²) in [7, 11) is 0. The summed E-state index contributed by atoms with van der Waals surface area (Å²) >= 11 is 0. The molecule has 1 fully saturated rings. The molecule has 130 valence electrons. The van der Waals surface area contributed by atoms with Gasteiger partial charge >= 0.3 is 0 Å². The van der Waals surface area contributed by atoms with Crippen LogP contribution in [-0.4, -0.2) is 53.5 Å². The lowest BCUT2D eigenvalue weighted by molar-refractivity contribution is 0.0626. The molecule has 1 aromatic carbocycles. The van der Waals surface area contributed by atoms with Crippen molar-refractivity contribution in [2.75, 3.05) is 32.8 Å². The molecule has 0 atom stereocenters. The van der Waals surface area contributed by atoms with Crippen LogP contribution in [0.4, 0.5) is 0 Å². The Morgan fingerprint density at radius 1 is 1.20 bits per heavy atom. The number of carbonyl (C=O) groups is 1. The van der Waals surface area contributed by atoms with Gasteiger partial charge in [0.15, 0.2) is 0 Å². The highest BCUT2D eigenvalue weighted by Gasteiger charge is 2.24. The van der Waals surface area contributed by atoms with E-state index in [4.69, 9.17) is 4.74 Å². The number of benzene rings is 1. The van der Waals surface area contributed by atoms with Crippen molar-refractivity contribution >= 4 is 5.91 Å². The zero-order chi connectivity index (χ0) is 17.2. The molecule has 5 heteroatoms. The topological polar surface area (TPSA) is 45.7 Å². The lowest BCUT2D eigenvalue weighted by atomic mass is 10.1. The fraction of sp³-hybridized carbons (Fsp3) is 0.400. The number of piperazine rings is 1. The number of aryl methyl sites for hydroxylation is 1. The van der Waals surface area contributed by atoms with Crippen LogP contribution in [0.2, 0.25) is 0 Å². The molecule has 2 aromatic rings. The average molecular weight is 337 g/mol. The highest BCUT2D eigenvalue weighted by molar-refractivity contribution is 5.94. The Balaban J connectivity index is 1.37. The first-order chi connectivity index (χ1) is 12.2. The van der Waals surface area contributed by atoms with Gasteiger partial charge in [-0.15, -0.1) is 0 Å². The number of hydrogen-bond donors (Lipinski definition) is 0. The van der Waals surface area contributed by atoms with Gasteiger partial charge < -0.3 is 9.64 Å². The number of ether oxygens (including phenoxy) is 1. The van der Waals surface area contributed by atoms with Gasteiger partial charge in [-0.3, -0.25) is 14.7 Å². The summed E-state index contributed by atoms with van der Waals surface area (Å²) in [6, 6.07) is 9.87. The summed E-state index contributed by atoms with van der Waals surface area (Å²) in [5.41, 5.74) is 4.27. The number of nitrogens with zero attached hydrogens (tertiary/aromatic N) is 3. The highest BCUT2D eigenvalue weighted by atomic mass is 16.5. The predicted octanol–water partition coefficient (Wildman–Crippen LogP) is 2.28. The average Bonchev–Trinajstić information content (AvgIpc) is 3.11. The Morgan fingerprint density at radius 2 is 2.04 bits per heavy atom. The number of rotatable bonds is 3. The molecule has 0 N–H and O–H groups in total. The molecule has 2 aliphatic heterocycles. The van der Waals surface area contributed by atoms with Crippen molar-refractivity contribution in [1.82, 2.24) is 14.8 Å². The van der Waals surface area contributed by atoms with Crippen molar-refractivity contribution in [3.8, 4) is 5.75 Å². The van der Waals surface area contributed by atoms with Gasteiger partial charge in [0.2, 0.25) is 0 Å². The molecular formula is C20H23N3O2. The van der Waals surface area contributed by atoms with Crippen LogP contribution in [-0.2, 0) is 13.0 Å². The number of fused-ring (bicyclic) bond motifs is 1. The van der Waals surface area contributed by atoms with Gasteiger partial charge in [0.25, 0.3) is 5.91 Å². The molecule has 25 heavy (non-hydrogen) atoms. The molecule has 5 nitrogen and oxygen atoms in total. The van der Waals surface area contributed by atoms with Gasteiger partial charge in [-0.1, -0.05) is 6.07 Å². The quantitative estimate of drug-likeness (QED) is 0.862. The van der Waals surface area contributed by atoms with E-state index in [1.807, 2.05) is 35.4 Å². The van der Waals surface area contributed by atoms with E-state index in [0.29, 0.717) is 0 Å². The van der Waals surface area contributed by atoms with Crippen LogP contribution >= 0.6 is 0 Å². The third-order valence-corrected chi connectivity index (χ3v) is 5.09. The summed E-state index contributed by atoms with van der Waals surface area (Å²) in [6.07, 6.45) is 2.74. The van der Waals surface area contributed by atoms with Crippen LogP contribution < -0.4 is 4.74 Å². The maximum absolute atomic E-state index is 12.8. The van der Waals surface area contributed by atoms with E-state index in [0.717, 1.165) is 68.3 Å². The fourth-order valence-electron chi connectivity index (χ4n) is 3.51. The molecule has 0 spiro atoms. The van der Waals surface area contributed by atoms with E-state index in [1.54, 1.807) is 0 Å². The molecule has 0 aliphatic carbocycles. The monoisotopic (exact) mass is 337 g/mol. The normalized spacial score (nSPS) is 17.2. The minimum Gasteiger partial charge on any atom is -0.493 e. The highest BCUT2D eigenvalue weighted by Crippen LogP contribution is 2.26. The Kier molecular flexibility index (Phi) is 4.40. The lowest BCUT2D eigenvalue weighted by Gasteiger charge is -2.34. The van der Waals surface area contributed by atoms with E-state index < -0.39 is 0 Å². The predicted molar refractivity (Wildman–Crippen MR) is 95.8 cm³/mol. The smallest absolute Gasteiger partial charge is 0.253 e. The Labute approximate surface area is 148 Å². The minimum atomic E-state index is 0.128. The molecule has 2 aliphatic rings. The van der Waals surface area contributed by atoms with Gasteiger partial charge in [-0.25, -0.2) is 0 Å². The first-order valence-corrected chi connectivity index (χ1v) is 8.88. The zero-order valence-corrected chi connectivity index (χ0v) is 14.6. The molecular weight excluding hydrogens is 314 g/mol. The van der Waals surface area contributed by atoms with E-state index in [1.165, 1.54) is 5.56 Å². The van der Waals surface area contributed by atoms with E-state index in [-0.39, 0.29) is 5.91 Å². The second kappa shape index (κ2) is 6.84. The molecule has 0 radical (unpaired) electrons. The molecule has 3 heterocycles. The summed E-state index contributed by atoms with van der Waals surface area (Å²) in [5, 5.41) is 0. The van der Waals surface area contributed by atoms with Crippen LogP contribution in [0.5, 0.6) is 5.75 Å². The van der Waals surface area contributed by atoms with Crippen molar-refractivity contribution in [2.24, 2.45) is 0 Å². The molecule has 1 saturated heterocycles. The van der Waals surface area contributed by atoms with Crippen LogP contribution in [0.3, 0.4) is 0 Å². The third-order valence-electron chi connectivity index (χ3n) is 5.09. The second-order valence-electron chi connectivity index (χ2n) is 6.76. The van der Waals surface area contributed by atoms with Crippen LogP contribution in [0.15, 0.2) is 36.5 Å². The van der Waals surface area contributed by atoms with Crippen molar-refractivity contribution in [2.45, 2.75) is 19.9 Å². The van der Waals surface area contributed by atoms with Gasteiger partial charge in [0.1, 0.15) is 5.75 Å². The SMILES string of the molecule is Cc1cccnc1CN1CCN(C(=O)c2ccc3c(c2)CCO3)CC1. The Hall–Kier alpha value is -2.40. The maximum Gasteiger partial charge on any atom is 0.253 e. The van der Waals surface area contributed by atoms with Crippen LogP contribution in [0, 0.1) is 6.92 Å². The standard InChI is InChI=1S/C20H23N3O2/c1-15-3-2-7-21-18(15)14-22-8-10-23(11-9-22)20(24)17-4-5-19-16(13-17)6-12-25-19/h2-5,7,13H,6,8-12,14H2,1H3. The largest absolute Gasteiger partial charge is 0.493 e. The molecule has 4 rings (SSSR count). The summed E-state index contributed by atoms with van der Waals surface area (Å²) in [5.74, 6) is 1.05. The van der Waals surface area contributed by atoms with E-state index in [9.17, 15) is 4.79 Å². The van der Waals surface area contributed by atoms with Crippen molar-refractivity contribution in [3.63, 3.8) is 0 Å². The molecule has 0 bridgehead atoms. The first kappa shape index (κ1) is 16.1. The molecule has 1 aromatic heterocycles. The first-order valence-electron chi connectivity index (χ1n) is 8.88. The summed E-state index contributed by atoms with van der Waals surface area (Å²) in [4.78, 5) is 21.6. The molecule has 1 amide bonds. The summed E-state index contributed by atoms with van der Waals surface area (Å²) in [6.45, 7) is 6.96. The van der Waals surface area contributed by atoms with Crippen molar-refractivity contribution in [3.05, 3.63) is 58.9 Å². The van der Waals surface area contributed by atoms with Crippen molar-refractivity contribution in [1.29, 1.82) is 0 Å². The van der Waals surface area contributed by atoms with Crippen LogP contribution in [0.25, 0.3) is 0 Å². The molecule has 0 saturated carbocycles. The van der Waals surface area contributed by atoms with E-state index in [2.05, 4.69) is 22.9 Å². The molecule has 0 unspecified atom stereocenters. The third kappa shape index (κ3) is 3.37. The van der Waals surface area contributed by atoms with Crippen molar-refractivity contribution < 1.29 is 9.53 Å². The summed E-state index contributed by atoms with van der Waals surface area (Å²) < 4.78 is 5.52. The fourth-order valence-corrected chi connectivity index (χ4v) is 3.51. The number of hydrogen-bond acceptors (Lipinski definition) is 4. The van der Waals surface area contributed by atoms with Gasteiger partial charge in [0, 0.05) is 50.9 Å². The van der Waals surface area contributed by atoms with Crippen LogP contribution in [0.1, 0.15) is 27.2 Å².